The fraction of sp³-hybridized carbons (Fsp3) is 0.462. The van der Waals surface area contributed by atoms with E-state index in [1.54, 1.807) is 11.9 Å². The molecule has 17 heavy (non-hydrogen) atoms. The summed E-state index contributed by atoms with van der Waals surface area (Å²) in [6.45, 7) is 3.11. The van der Waals surface area contributed by atoms with Crippen molar-refractivity contribution in [3.8, 4) is 5.75 Å². The first-order valence-corrected chi connectivity index (χ1v) is 5.87. The van der Waals surface area contributed by atoms with E-state index in [1.165, 1.54) is 0 Å². The minimum absolute atomic E-state index is 0.0845. The average Bonchev–Trinajstić information content (AvgIpc) is 2.49. The van der Waals surface area contributed by atoms with Crippen LogP contribution in [0, 0.1) is 0 Å². The molecule has 4 nitrogen and oxygen atoms in total. The Labute approximate surface area is 101 Å². The molecule has 1 aliphatic heterocycles. The summed E-state index contributed by atoms with van der Waals surface area (Å²) >= 11 is 0. The highest BCUT2D eigenvalue weighted by atomic mass is 16.5. The first kappa shape index (κ1) is 11.9. The number of carbonyl (C=O) groups excluding carboxylic acids is 1. The molecule has 2 rings (SSSR count). The Morgan fingerprint density at radius 1 is 1.53 bits per heavy atom. The topological polar surface area (TPSA) is 55.6 Å². The van der Waals surface area contributed by atoms with E-state index in [9.17, 15) is 4.79 Å². The van der Waals surface area contributed by atoms with E-state index in [0.717, 1.165) is 17.0 Å². The predicted molar refractivity (Wildman–Crippen MR) is 67.4 cm³/mol. The second kappa shape index (κ2) is 4.75. The monoisotopic (exact) mass is 234 g/mol. The maximum Gasteiger partial charge on any atom is 0.230 e. The third kappa shape index (κ3) is 2.26. The highest BCUT2D eigenvalue weighted by molar-refractivity contribution is 5.95. The first-order valence-electron chi connectivity index (χ1n) is 5.87. The summed E-state index contributed by atoms with van der Waals surface area (Å²) in [6, 6.07) is 5.93. The number of rotatable bonds is 2. The van der Waals surface area contributed by atoms with Crippen LogP contribution in [0.15, 0.2) is 18.2 Å². The van der Waals surface area contributed by atoms with E-state index in [4.69, 9.17) is 10.5 Å². The maximum absolute atomic E-state index is 11.7. The molecule has 1 atom stereocenters. The van der Waals surface area contributed by atoms with Crippen LogP contribution < -0.4 is 15.4 Å². The molecular formula is C13H18N2O2. The van der Waals surface area contributed by atoms with Gasteiger partial charge in [0, 0.05) is 7.05 Å². The minimum atomic E-state index is 0.0845. The normalized spacial score (nSPS) is 17.1. The lowest BCUT2D eigenvalue weighted by Crippen LogP contribution is -2.25. The van der Waals surface area contributed by atoms with Gasteiger partial charge >= 0.3 is 0 Å². The third-order valence-electron chi connectivity index (χ3n) is 3.21. The van der Waals surface area contributed by atoms with Gasteiger partial charge in [-0.1, -0.05) is 13.0 Å². The molecule has 4 heteroatoms. The van der Waals surface area contributed by atoms with Crippen molar-refractivity contribution < 1.29 is 9.53 Å². The average molecular weight is 234 g/mol. The van der Waals surface area contributed by atoms with Crippen molar-refractivity contribution in [1.82, 2.24) is 0 Å². The van der Waals surface area contributed by atoms with Gasteiger partial charge in [0.05, 0.1) is 18.7 Å². The van der Waals surface area contributed by atoms with Gasteiger partial charge in [0.15, 0.2) is 0 Å². The van der Waals surface area contributed by atoms with Gasteiger partial charge in [-0.3, -0.25) is 4.79 Å². The smallest absolute Gasteiger partial charge is 0.230 e. The van der Waals surface area contributed by atoms with E-state index in [1.807, 2.05) is 18.2 Å². The lowest BCUT2D eigenvalue weighted by Gasteiger charge is -2.19. The second-order valence-corrected chi connectivity index (χ2v) is 4.42. The van der Waals surface area contributed by atoms with Crippen LogP contribution in [-0.2, 0) is 4.79 Å². The number of benzene rings is 1. The van der Waals surface area contributed by atoms with E-state index >= 15 is 0 Å². The predicted octanol–water partition coefficient (Wildman–Crippen LogP) is 1.49. The van der Waals surface area contributed by atoms with Crippen molar-refractivity contribution in [1.29, 1.82) is 0 Å². The molecule has 1 aliphatic rings. The summed E-state index contributed by atoms with van der Waals surface area (Å²) in [6.07, 6.45) is 0.424. The standard InChI is InChI=1S/C13H18N2O2/c1-9(8-14)10-3-4-12-11(7-10)15(2)13(16)5-6-17-12/h3-4,7,9H,5-6,8,14H2,1-2H3. The van der Waals surface area contributed by atoms with Crippen molar-refractivity contribution >= 4 is 11.6 Å². The van der Waals surface area contributed by atoms with E-state index < -0.39 is 0 Å². The molecule has 1 amide bonds. The van der Waals surface area contributed by atoms with Crippen LogP contribution in [0.5, 0.6) is 5.75 Å². The molecular weight excluding hydrogens is 216 g/mol. The molecule has 1 aromatic carbocycles. The SMILES string of the molecule is CC(CN)c1ccc2c(c1)N(C)C(=O)CCO2. The first-order chi connectivity index (χ1) is 8.13. The van der Waals surface area contributed by atoms with Gasteiger partial charge in [0.2, 0.25) is 5.91 Å². The fourth-order valence-electron chi connectivity index (χ4n) is 1.91. The number of nitrogens with zero attached hydrogens (tertiary/aromatic N) is 1. The van der Waals surface area contributed by atoms with E-state index in [-0.39, 0.29) is 11.8 Å². The Balaban J connectivity index is 2.41. The number of hydrogen-bond donors (Lipinski definition) is 1. The van der Waals surface area contributed by atoms with Crippen LogP contribution in [0.1, 0.15) is 24.8 Å². The number of anilines is 1. The highest BCUT2D eigenvalue weighted by Crippen LogP contribution is 2.33. The van der Waals surface area contributed by atoms with Crippen molar-refractivity contribution in [3.05, 3.63) is 23.8 Å². The molecule has 0 bridgehead atoms. The zero-order chi connectivity index (χ0) is 12.4. The Morgan fingerprint density at radius 2 is 2.29 bits per heavy atom. The fourth-order valence-corrected chi connectivity index (χ4v) is 1.91. The summed E-state index contributed by atoms with van der Waals surface area (Å²) in [4.78, 5) is 13.4. The summed E-state index contributed by atoms with van der Waals surface area (Å²) in [5, 5.41) is 0. The van der Waals surface area contributed by atoms with Gasteiger partial charge in [-0.05, 0) is 30.2 Å². The number of carbonyl (C=O) groups is 1. The molecule has 0 fully saturated rings. The molecule has 1 heterocycles. The van der Waals surface area contributed by atoms with Gasteiger partial charge in [-0.2, -0.15) is 0 Å². The van der Waals surface area contributed by atoms with E-state index in [0.29, 0.717) is 19.6 Å². The number of nitrogens with two attached hydrogens (primary N) is 1. The summed E-state index contributed by atoms with van der Waals surface area (Å²) in [5.41, 5.74) is 7.63. The van der Waals surface area contributed by atoms with Gasteiger partial charge in [-0.15, -0.1) is 0 Å². The Bertz CT molecular complexity index is 431. The molecule has 1 aromatic rings. The Hall–Kier alpha value is -1.55. The van der Waals surface area contributed by atoms with Crippen LogP contribution in [0.2, 0.25) is 0 Å². The zero-order valence-corrected chi connectivity index (χ0v) is 10.3. The number of fused-ring (bicyclic) bond motifs is 1. The maximum atomic E-state index is 11.7. The largest absolute Gasteiger partial charge is 0.491 e. The second-order valence-electron chi connectivity index (χ2n) is 4.42. The molecule has 2 N–H and O–H groups in total. The van der Waals surface area contributed by atoms with Crippen LogP contribution >= 0.6 is 0 Å². The van der Waals surface area contributed by atoms with Crippen LogP contribution in [-0.4, -0.2) is 26.1 Å². The Kier molecular flexibility index (Phi) is 3.33. The highest BCUT2D eigenvalue weighted by Gasteiger charge is 2.20. The van der Waals surface area contributed by atoms with Crippen LogP contribution in [0.25, 0.3) is 0 Å². The lowest BCUT2D eigenvalue weighted by atomic mass is 10.0. The summed E-state index contributed by atoms with van der Waals surface area (Å²) in [7, 11) is 1.78. The quantitative estimate of drug-likeness (QED) is 0.843. The molecule has 92 valence electrons. The zero-order valence-electron chi connectivity index (χ0n) is 10.3. The van der Waals surface area contributed by atoms with Crippen molar-refractivity contribution in [2.45, 2.75) is 19.3 Å². The molecule has 0 aromatic heterocycles. The van der Waals surface area contributed by atoms with Gasteiger partial charge in [0.25, 0.3) is 0 Å². The molecule has 0 saturated heterocycles. The lowest BCUT2D eigenvalue weighted by molar-refractivity contribution is -0.118. The van der Waals surface area contributed by atoms with Crippen LogP contribution in [0.4, 0.5) is 5.69 Å². The van der Waals surface area contributed by atoms with Crippen molar-refractivity contribution in [2.75, 3.05) is 25.1 Å². The third-order valence-corrected chi connectivity index (χ3v) is 3.21. The van der Waals surface area contributed by atoms with Gasteiger partial charge < -0.3 is 15.4 Å². The minimum Gasteiger partial charge on any atom is -0.491 e. The molecule has 0 spiro atoms. The molecule has 0 aliphatic carbocycles. The number of amides is 1. The van der Waals surface area contributed by atoms with Crippen molar-refractivity contribution in [2.24, 2.45) is 5.73 Å². The summed E-state index contributed by atoms with van der Waals surface area (Å²) in [5.74, 6) is 1.14. The molecule has 0 radical (unpaired) electrons. The number of ether oxygens (including phenoxy) is 1. The summed E-state index contributed by atoms with van der Waals surface area (Å²) < 4.78 is 5.56. The number of hydrogen-bond acceptors (Lipinski definition) is 3. The molecule has 0 saturated carbocycles. The van der Waals surface area contributed by atoms with Crippen molar-refractivity contribution in [3.63, 3.8) is 0 Å². The molecule has 1 unspecified atom stereocenters. The Morgan fingerprint density at radius 3 is 3.00 bits per heavy atom. The van der Waals surface area contributed by atoms with Crippen LogP contribution in [0.3, 0.4) is 0 Å². The van der Waals surface area contributed by atoms with Gasteiger partial charge in [-0.25, -0.2) is 0 Å². The van der Waals surface area contributed by atoms with E-state index in [2.05, 4.69) is 6.92 Å². The van der Waals surface area contributed by atoms with Gasteiger partial charge in [0.1, 0.15) is 5.75 Å².